The zero-order chi connectivity index (χ0) is 14.3. The molecular formula is C12H17N5O2. The van der Waals surface area contributed by atoms with Gasteiger partial charge < -0.3 is 10.2 Å². The Morgan fingerprint density at radius 2 is 2.32 bits per heavy atom. The minimum Gasteiger partial charge on any atom is -0.383 e. The van der Waals surface area contributed by atoms with Gasteiger partial charge in [-0.25, -0.2) is 4.98 Å². The molecule has 0 aliphatic heterocycles. The van der Waals surface area contributed by atoms with Crippen molar-refractivity contribution in [3.05, 3.63) is 34.1 Å². The van der Waals surface area contributed by atoms with Crippen molar-refractivity contribution in [2.75, 3.05) is 26.0 Å². The first kappa shape index (κ1) is 14.6. The summed E-state index contributed by atoms with van der Waals surface area (Å²) < 4.78 is 0. The molecule has 0 spiro atoms. The zero-order valence-corrected chi connectivity index (χ0v) is 11.2. The second-order valence-corrected chi connectivity index (χ2v) is 3.94. The lowest BCUT2D eigenvalue weighted by Crippen LogP contribution is -2.02. The third kappa shape index (κ3) is 4.74. The molecule has 0 unspecified atom stereocenters. The summed E-state index contributed by atoms with van der Waals surface area (Å²) in [5.74, 6) is 0.515. The van der Waals surface area contributed by atoms with Crippen LogP contribution in [0.2, 0.25) is 0 Å². The number of anilines is 1. The summed E-state index contributed by atoms with van der Waals surface area (Å²) in [6, 6.07) is 1.61. The van der Waals surface area contributed by atoms with Gasteiger partial charge in [0.15, 0.2) is 0 Å². The summed E-state index contributed by atoms with van der Waals surface area (Å²) in [7, 11) is 3.69. The van der Waals surface area contributed by atoms with Crippen LogP contribution in [0.4, 0.5) is 11.5 Å². The van der Waals surface area contributed by atoms with Crippen LogP contribution in [0.15, 0.2) is 23.5 Å². The molecule has 0 bridgehead atoms. The van der Waals surface area contributed by atoms with E-state index in [0.717, 1.165) is 0 Å². The minimum absolute atomic E-state index is 0.0314. The summed E-state index contributed by atoms with van der Waals surface area (Å²) in [4.78, 5) is 20.2. The van der Waals surface area contributed by atoms with Gasteiger partial charge >= 0.3 is 0 Å². The van der Waals surface area contributed by atoms with Gasteiger partial charge in [-0.3, -0.25) is 15.1 Å². The van der Waals surface area contributed by atoms with Crippen molar-refractivity contribution in [2.45, 2.75) is 6.92 Å². The molecule has 0 radical (unpaired) electrons. The van der Waals surface area contributed by atoms with Crippen LogP contribution in [0, 0.1) is 10.1 Å². The van der Waals surface area contributed by atoms with Crippen LogP contribution in [-0.2, 0) is 0 Å². The van der Waals surface area contributed by atoms with E-state index in [4.69, 9.17) is 0 Å². The maximum Gasteiger partial charge on any atom is 0.294 e. The third-order valence-corrected chi connectivity index (χ3v) is 2.15. The predicted octanol–water partition coefficient (Wildman–Crippen LogP) is 1.98. The van der Waals surface area contributed by atoms with E-state index in [1.807, 2.05) is 21.0 Å². The van der Waals surface area contributed by atoms with Crippen molar-refractivity contribution in [3.8, 4) is 0 Å². The number of hydrogen-bond acceptors (Lipinski definition) is 5. The lowest BCUT2D eigenvalue weighted by atomic mass is 10.2. The Morgan fingerprint density at radius 1 is 1.58 bits per heavy atom. The van der Waals surface area contributed by atoms with E-state index >= 15 is 0 Å². The van der Waals surface area contributed by atoms with Crippen molar-refractivity contribution in [1.29, 1.82) is 0 Å². The quantitative estimate of drug-likeness (QED) is 0.367. The Hall–Kier alpha value is -2.44. The van der Waals surface area contributed by atoms with Crippen LogP contribution in [0.3, 0.4) is 0 Å². The van der Waals surface area contributed by atoms with E-state index in [9.17, 15) is 10.1 Å². The standard InChI is InChI=1S/C12H17N5O2/c1-4-13-9-15-12-7-10(5-6-16(2)3)11(8-14-12)17(18)19/h5-9H,4H2,1-3H3,(H,13,14,15). The van der Waals surface area contributed by atoms with Gasteiger partial charge in [0.05, 0.1) is 16.8 Å². The van der Waals surface area contributed by atoms with E-state index < -0.39 is 4.92 Å². The van der Waals surface area contributed by atoms with Gasteiger partial charge in [0.1, 0.15) is 12.0 Å². The fourth-order valence-corrected chi connectivity index (χ4v) is 1.26. The fraction of sp³-hybridized carbons (Fsp3) is 0.333. The molecule has 0 aliphatic rings. The van der Waals surface area contributed by atoms with Gasteiger partial charge in [0, 0.05) is 20.6 Å². The van der Waals surface area contributed by atoms with Crippen molar-refractivity contribution >= 4 is 23.9 Å². The lowest BCUT2D eigenvalue weighted by molar-refractivity contribution is -0.385. The number of nitrogens with one attached hydrogen (secondary N) is 1. The van der Waals surface area contributed by atoms with Crippen LogP contribution >= 0.6 is 0 Å². The maximum atomic E-state index is 10.9. The summed E-state index contributed by atoms with van der Waals surface area (Å²) in [6.45, 7) is 2.57. The first-order chi connectivity index (χ1) is 9.04. The van der Waals surface area contributed by atoms with E-state index in [0.29, 0.717) is 17.9 Å². The van der Waals surface area contributed by atoms with Gasteiger partial charge in [-0.1, -0.05) is 0 Å². The summed E-state index contributed by atoms with van der Waals surface area (Å²) in [6.07, 6.45) is 6.17. The highest BCUT2D eigenvalue weighted by atomic mass is 16.6. The van der Waals surface area contributed by atoms with Crippen LogP contribution in [0.25, 0.3) is 6.08 Å². The number of pyridine rings is 1. The highest BCUT2D eigenvalue weighted by Crippen LogP contribution is 2.21. The molecule has 0 atom stereocenters. The van der Waals surface area contributed by atoms with Gasteiger partial charge in [-0.15, -0.1) is 0 Å². The average molecular weight is 263 g/mol. The van der Waals surface area contributed by atoms with Crippen molar-refractivity contribution in [1.82, 2.24) is 9.88 Å². The van der Waals surface area contributed by atoms with Crippen LogP contribution < -0.4 is 5.32 Å². The molecule has 7 nitrogen and oxygen atoms in total. The minimum atomic E-state index is -0.452. The SMILES string of the molecule is CCN=CNc1cc(C=CN(C)C)c([N+](=O)[O-])cn1. The van der Waals surface area contributed by atoms with Gasteiger partial charge in [0.25, 0.3) is 5.69 Å². The Balaban J connectivity index is 3.04. The van der Waals surface area contributed by atoms with Crippen molar-refractivity contribution < 1.29 is 4.92 Å². The number of nitro groups is 1. The first-order valence-electron chi connectivity index (χ1n) is 5.78. The van der Waals surface area contributed by atoms with Gasteiger partial charge in [-0.2, -0.15) is 0 Å². The Bertz CT molecular complexity index is 497. The second-order valence-electron chi connectivity index (χ2n) is 3.94. The fourth-order valence-electron chi connectivity index (χ4n) is 1.26. The molecule has 0 amide bonds. The lowest BCUT2D eigenvalue weighted by Gasteiger charge is -2.05. The summed E-state index contributed by atoms with van der Waals surface area (Å²) in [5, 5.41) is 13.8. The second kappa shape index (κ2) is 7.10. The van der Waals surface area contributed by atoms with E-state index in [1.165, 1.54) is 12.5 Å². The van der Waals surface area contributed by atoms with Crippen LogP contribution in [-0.4, -0.2) is 41.8 Å². The van der Waals surface area contributed by atoms with Gasteiger partial charge in [-0.05, 0) is 25.3 Å². The number of rotatable bonds is 6. The Morgan fingerprint density at radius 3 is 2.89 bits per heavy atom. The predicted molar refractivity (Wildman–Crippen MR) is 76.3 cm³/mol. The van der Waals surface area contributed by atoms with E-state index in [-0.39, 0.29) is 5.69 Å². The summed E-state index contributed by atoms with van der Waals surface area (Å²) in [5.41, 5.74) is 0.456. The molecule has 1 aromatic rings. The largest absolute Gasteiger partial charge is 0.383 e. The monoisotopic (exact) mass is 263 g/mol. The molecule has 102 valence electrons. The number of aromatic nitrogens is 1. The first-order valence-corrected chi connectivity index (χ1v) is 5.78. The molecular weight excluding hydrogens is 246 g/mol. The van der Waals surface area contributed by atoms with Crippen molar-refractivity contribution in [3.63, 3.8) is 0 Å². The van der Waals surface area contributed by atoms with E-state index in [1.54, 1.807) is 23.2 Å². The topological polar surface area (TPSA) is 83.7 Å². The molecule has 0 saturated heterocycles. The molecule has 19 heavy (non-hydrogen) atoms. The highest BCUT2D eigenvalue weighted by molar-refractivity contribution is 5.75. The molecule has 1 aromatic heterocycles. The summed E-state index contributed by atoms with van der Waals surface area (Å²) >= 11 is 0. The molecule has 1 rings (SSSR count). The molecule has 1 heterocycles. The maximum absolute atomic E-state index is 10.9. The molecule has 1 N–H and O–H groups in total. The molecule has 0 aliphatic carbocycles. The number of nitrogens with zero attached hydrogens (tertiary/aromatic N) is 4. The van der Waals surface area contributed by atoms with E-state index in [2.05, 4.69) is 15.3 Å². The van der Waals surface area contributed by atoms with Crippen molar-refractivity contribution in [2.24, 2.45) is 4.99 Å². The molecule has 7 heteroatoms. The zero-order valence-electron chi connectivity index (χ0n) is 11.2. The van der Waals surface area contributed by atoms with Gasteiger partial charge in [0.2, 0.25) is 0 Å². The average Bonchev–Trinajstić information content (AvgIpc) is 2.36. The Labute approximate surface area is 111 Å². The van der Waals surface area contributed by atoms with Crippen LogP contribution in [0.1, 0.15) is 12.5 Å². The normalized spacial score (nSPS) is 11.1. The third-order valence-electron chi connectivity index (χ3n) is 2.15. The molecule has 0 fully saturated rings. The molecule has 0 saturated carbocycles. The molecule has 0 aromatic carbocycles. The van der Waals surface area contributed by atoms with Crippen LogP contribution in [0.5, 0.6) is 0 Å². The highest BCUT2D eigenvalue weighted by Gasteiger charge is 2.12. The smallest absolute Gasteiger partial charge is 0.294 e. The number of hydrogen-bond donors (Lipinski definition) is 1. The number of aliphatic imine (C=N–C) groups is 1. The Kier molecular flexibility index (Phi) is 5.46.